The summed E-state index contributed by atoms with van der Waals surface area (Å²) in [6, 6.07) is 0.435. The first-order valence-electron chi connectivity index (χ1n) is 6.41. The van der Waals surface area contributed by atoms with E-state index in [1.807, 2.05) is 9.80 Å². The van der Waals surface area contributed by atoms with Gasteiger partial charge in [0, 0.05) is 32.1 Å². The molecule has 1 aliphatic carbocycles. The van der Waals surface area contributed by atoms with Crippen LogP contribution in [0.3, 0.4) is 0 Å². The standard InChI is InChI=1S/C12H18N2O3/c15-11-7-9(8-14(11)10-1-2-10)12(16)13-3-5-17-6-4-13/h9-10H,1-8H2. The number of carbonyl (C=O) groups excluding carboxylic acids is 2. The Kier molecular flexibility index (Phi) is 2.78. The summed E-state index contributed by atoms with van der Waals surface area (Å²) in [5.41, 5.74) is 0. The molecule has 17 heavy (non-hydrogen) atoms. The average Bonchev–Trinajstić information content (AvgIpc) is 3.13. The van der Waals surface area contributed by atoms with E-state index in [2.05, 4.69) is 0 Å². The fourth-order valence-electron chi connectivity index (χ4n) is 2.68. The average molecular weight is 238 g/mol. The molecule has 2 aliphatic heterocycles. The van der Waals surface area contributed by atoms with Crippen LogP contribution in [0.4, 0.5) is 0 Å². The highest BCUT2D eigenvalue weighted by molar-refractivity contribution is 5.89. The molecule has 3 rings (SSSR count). The maximum absolute atomic E-state index is 12.2. The number of morpholine rings is 1. The van der Waals surface area contributed by atoms with Crippen LogP contribution in [0, 0.1) is 5.92 Å². The van der Waals surface area contributed by atoms with Crippen molar-refractivity contribution in [3.05, 3.63) is 0 Å². The zero-order valence-electron chi connectivity index (χ0n) is 9.93. The molecule has 0 aromatic heterocycles. The van der Waals surface area contributed by atoms with Crippen molar-refractivity contribution in [3.63, 3.8) is 0 Å². The van der Waals surface area contributed by atoms with E-state index in [-0.39, 0.29) is 17.7 Å². The maximum Gasteiger partial charge on any atom is 0.228 e. The van der Waals surface area contributed by atoms with E-state index in [0.29, 0.717) is 45.3 Å². The predicted octanol–water partition coefficient (Wildman–Crippen LogP) is -0.144. The van der Waals surface area contributed by atoms with Crippen molar-refractivity contribution >= 4 is 11.8 Å². The van der Waals surface area contributed by atoms with Crippen LogP contribution < -0.4 is 0 Å². The van der Waals surface area contributed by atoms with Gasteiger partial charge in [0.2, 0.25) is 11.8 Å². The smallest absolute Gasteiger partial charge is 0.228 e. The lowest BCUT2D eigenvalue weighted by molar-refractivity contribution is -0.139. The molecule has 94 valence electrons. The van der Waals surface area contributed by atoms with Crippen LogP contribution in [-0.4, -0.2) is 60.5 Å². The molecule has 3 aliphatic rings. The summed E-state index contributed by atoms with van der Waals surface area (Å²) in [6.07, 6.45) is 2.64. The van der Waals surface area contributed by atoms with Crippen molar-refractivity contribution in [1.29, 1.82) is 0 Å². The predicted molar refractivity (Wildman–Crippen MR) is 60.2 cm³/mol. The number of carbonyl (C=O) groups is 2. The molecule has 0 aromatic carbocycles. The molecule has 5 nitrogen and oxygen atoms in total. The topological polar surface area (TPSA) is 49.9 Å². The number of hydrogen-bond donors (Lipinski definition) is 0. The second-order valence-corrected chi connectivity index (χ2v) is 5.12. The van der Waals surface area contributed by atoms with Gasteiger partial charge in [0.05, 0.1) is 19.1 Å². The Labute approximate surface area is 101 Å². The zero-order chi connectivity index (χ0) is 11.8. The van der Waals surface area contributed by atoms with Crippen molar-refractivity contribution in [2.45, 2.75) is 25.3 Å². The van der Waals surface area contributed by atoms with Crippen LogP contribution in [0.1, 0.15) is 19.3 Å². The normalized spacial score (nSPS) is 29.9. The lowest BCUT2D eigenvalue weighted by Gasteiger charge is -2.29. The Hall–Kier alpha value is -1.10. The number of likely N-dealkylation sites (tertiary alicyclic amines) is 1. The molecule has 0 bridgehead atoms. The van der Waals surface area contributed by atoms with Crippen LogP contribution in [-0.2, 0) is 14.3 Å². The van der Waals surface area contributed by atoms with Gasteiger partial charge in [-0.2, -0.15) is 0 Å². The van der Waals surface area contributed by atoms with E-state index in [4.69, 9.17) is 4.74 Å². The zero-order valence-corrected chi connectivity index (χ0v) is 9.93. The molecule has 0 aromatic rings. The number of ether oxygens (including phenoxy) is 1. The minimum Gasteiger partial charge on any atom is -0.378 e. The first-order chi connectivity index (χ1) is 8.25. The number of nitrogens with zero attached hydrogens (tertiary/aromatic N) is 2. The quantitative estimate of drug-likeness (QED) is 0.672. The molecule has 0 radical (unpaired) electrons. The van der Waals surface area contributed by atoms with Gasteiger partial charge < -0.3 is 14.5 Å². The van der Waals surface area contributed by atoms with Crippen molar-refractivity contribution in [1.82, 2.24) is 9.80 Å². The van der Waals surface area contributed by atoms with E-state index in [9.17, 15) is 9.59 Å². The van der Waals surface area contributed by atoms with Crippen LogP contribution in [0.25, 0.3) is 0 Å². The summed E-state index contributed by atoms with van der Waals surface area (Å²) in [7, 11) is 0. The highest BCUT2D eigenvalue weighted by Gasteiger charge is 2.42. The molecule has 5 heteroatoms. The second-order valence-electron chi connectivity index (χ2n) is 5.12. The molecule has 0 spiro atoms. The SMILES string of the molecule is O=C(C1CC(=O)N(C2CC2)C1)N1CCOCC1. The van der Waals surface area contributed by atoms with E-state index < -0.39 is 0 Å². The molecular formula is C12H18N2O3. The highest BCUT2D eigenvalue weighted by Crippen LogP contribution is 2.33. The molecule has 1 atom stereocenters. The molecular weight excluding hydrogens is 220 g/mol. The largest absolute Gasteiger partial charge is 0.378 e. The molecule has 3 fully saturated rings. The van der Waals surface area contributed by atoms with Gasteiger partial charge in [0.15, 0.2) is 0 Å². The maximum atomic E-state index is 12.2. The third-order valence-corrected chi connectivity index (χ3v) is 3.82. The minimum atomic E-state index is -0.110. The third kappa shape index (κ3) is 2.16. The monoisotopic (exact) mass is 238 g/mol. The lowest BCUT2D eigenvalue weighted by Crippen LogP contribution is -2.44. The van der Waals surface area contributed by atoms with Gasteiger partial charge in [0.1, 0.15) is 0 Å². The molecule has 2 amide bonds. The Bertz CT molecular complexity index is 335. The fraction of sp³-hybridized carbons (Fsp3) is 0.833. The first kappa shape index (κ1) is 11.0. The molecule has 1 saturated carbocycles. The van der Waals surface area contributed by atoms with Crippen molar-refractivity contribution in [2.75, 3.05) is 32.8 Å². The fourth-order valence-corrected chi connectivity index (χ4v) is 2.68. The summed E-state index contributed by atoms with van der Waals surface area (Å²) < 4.78 is 5.23. The molecule has 2 heterocycles. The number of rotatable bonds is 2. The van der Waals surface area contributed by atoms with Gasteiger partial charge in [-0.3, -0.25) is 9.59 Å². The van der Waals surface area contributed by atoms with Crippen LogP contribution in [0.15, 0.2) is 0 Å². The van der Waals surface area contributed by atoms with Gasteiger partial charge in [-0.05, 0) is 12.8 Å². The summed E-state index contributed by atoms with van der Waals surface area (Å²) in [4.78, 5) is 27.8. The van der Waals surface area contributed by atoms with Crippen LogP contribution in [0.2, 0.25) is 0 Å². The summed E-state index contributed by atoms with van der Waals surface area (Å²) in [5, 5.41) is 0. The lowest BCUT2D eigenvalue weighted by atomic mass is 10.1. The van der Waals surface area contributed by atoms with Gasteiger partial charge in [-0.25, -0.2) is 0 Å². The Balaban J connectivity index is 1.60. The second kappa shape index (κ2) is 4.29. The van der Waals surface area contributed by atoms with E-state index in [1.165, 1.54) is 0 Å². The Morgan fingerprint density at radius 1 is 1.24 bits per heavy atom. The molecule has 2 saturated heterocycles. The van der Waals surface area contributed by atoms with Gasteiger partial charge in [-0.15, -0.1) is 0 Å². The van der Waals surface area contributed by atoms with Crippen molar-refractivity contribution in [3.8, 4) is 0 Å². The van der Waals surface area contributed by atoms with E-state index in [1.54, 1.807) is 0 Å². The number of amides is 2. The van der Waals surface area contributed by atoms with Gasteiger partial charge >= 0.3 is 0 Å². The van der Waals surface area contributed by atoms with Crippen LogP contribution >= 0.6 is 0 Å². The summed E-state index contributed by atoms with van der Waals surface area (Å²) in [5.74, 6) is 0.199. The van der Waals surface area contributed by atoms with E-state index in [0.717, 1.165) is 12.8 Å². The molecule has 0 N–H and O–H groups in total. The van der Waals surface area contributed by atoms with Crippen molar-refractivity contribution in [2.24, 2.45) is 5.92 Å². The van der Waals surface area contributed by atoms with Crippen molar-refractivity contribution < 1.29 is 14.3 Å². The summed E-state index contributed by atoms with van der Waals surface area (Å²) >= 11 is 0. The number of hydrogen-bond acceptors (Lipinski definition) is 3. The Morgan fingerprint density at radius 3 is 2.59 bits per heavy atom. The summed E-state index contributed by atoms with van der Waals surface area (Å²) in [6.45, 7) is 3.23. The minimum absolute atomic E-state index is 0.110. The highest BCUT2D eigenvalue weighted by atomic mass is 16.5. The van der Waals surface area contributed by atoms with E-state index >= 15 is 0 Å². The van der Waals surface area contributed by atoms with Crippen LogP contribution in [0.5, 0.6) is 0 Å². The van der Waals surface area contributed by atoms with Gasteiger partial charge in [0.25, 0.3) is 0 Å². The Morgan fingerprint density at radius 2 is 1.94 bits per heavy atom. The molecule has 1 unspecified atom stereocenters. The first-order valence-corrected chi connectivity index (χ1v) is 6.41. The third-order valence-electron chi connectivity index (χ3n) is 3.82. The van der Waals surface area contributed by atoms with Gasteiger partial charge in [-0.1, -0.05) is 0 Å².